The van der Waals surface area contributed by atoms with Gasteiger partial charge in [-0.05, 0) is 37.0 Å². The third-order valence-corrected chi connectivity index (χ3v) is 3.43. The average Bonchev–Trinajstić information content (AvgIpc) is 2.45. The molecular weight excluding hydrogens is 224 g/mol. The maximum absolute atomic E-state index is 5.84. The highest BCUT2D eigenvalue weighted by atomic mass is 16.5. The zero-order chi connectivity index (χ0) is 12.8. The molecule has 1 heterocycles. The van der Waals surface area contributed by atoms with Crippen molar-refractivity contribution in [3.8, 4) is 5.75 Å². The molecule has 0 spiro atoms. The first-order valence-corrected chi connectivity index (χ1v) is 6.77. The minimum Gasteiger partial charge on any atom is -0.497 e. The molecule has 0 aromatic heterocycles. The van der Waals surface area contributed by atoms with Crippen LogP contribution in [0.25, 0.3) is 0 Å². The fourth-order valence-corrected chi connectivity index (χ4v) is 2.33. The number of hydrogen-bond acceptors (Lipinski definition) is 2. The maximum atomic E-state index is 5.84. The molecule has 1 aromatic rings. The van der Waals surface area contributed by atoms with E-state index in [1.807, 2.05) is 12.1 Å². The van der Waals surface area contributed by atoms with Crippen molar-refractivity contribution in [1.29, 1.82) is 0 Å². The van der Waals surface area contributed by atoms with E-state index < -0.39 is 0 Å². The van der Waals surface area contributed by atoms with Gasteiger partial charge in [-0.1, -0.05) is 37.1 Å². The van der Waals surface area contributed by atoms with E-state index in [1.165, 1.54) is 30.4 Å². The Labute approximate surface area is 110 Å². The van der Waals surface area contributed by atoms with Crippen molar-refractivity contribution in [1.82, 2.24) is 0 Å². The van der Waals surface area contributed by atoms with Crippen LogP contribution in [0, 0.1) is 0 Å². The molecule has 1 atom stereocenters. The van der Waals surface area contributed by atoms with E-state index in [1.54, 1.807) is 7.11 Å². The number of ether oxygens (including phenoxy) is 2. The van der Waals surface area contributed by atoms with Gasteiger partial charge in [-0.2, -0.15) is 0 Å². The van der Waals surface area contributed by atoms with Gasteiger partial charge in [0.15, 0.2) is 0 Å². The molecule has 0 saturated heterocycles. The van der Waals surface area contributed by atoms with Crippen LogP contribution in [0.4, 0.5) is 0 Å². The Morgan fingerprint density at radius 3 is 3.06 bits per heavy atom. The molecule has 0 aliphatic carbocycles. The lowest BCUT2D eigenvalue weighted by atomic mass is 9.96. The Bertz CT molecular complexity index is 409. The summed E-state index contributed by atoms with van der Waals surface area (Å²) in [5, 5.41) is 0. The van der Waals surface area contributed by atoms with Gasteiger partial charge >= 0.3 is 0 Å². The van der Waals surface area contributed by atoms with Crippen LogP contribution in [-0.2, 0) is 4.74 Å². The van der Waals surface area contributed by atoms with E-state index in [-0.39, 0.29) is 6.10 Å². The molecule has 0 fully saturated rings. The molecule has 0 radical (unpaired) electrons. The highest BCUT2D eigenvalue weighted by Crippen LogP contribution is 2.32. The summed E-state index contributed by atoms with van der Waals surface area (Å²) in [7, 11) is 1.70. The summed E-state index contributed by atoms with van der Waals surface area (Å²) in [6.07, 6.45) is 7.19. The number of methoxy groups -OCH3 is 1. The molecule has 1 aliphatic rings. The molecule has 0 N–H and O–H groups in total. The van der Waals surface area contributed by atoms with Gasteiger partial charge in [0, 0.05) is 0 Å². The van der Waals surface area contributed by atoms with Crippen LogP contribution in [0.5, 0.6) is 5.75 Å². The second-order valence-corrected chi connectivity index (χ2v) is 4.77. The topological polar surface area (TPSA) is 18.5 Å². The summed E-state index contributed by atoms with van der Waals surface area (Å²) in [4.78, 5) is 0. The van der Waals surface area contributed by atoms with Gasteiger partial charge in [0.25, 0.3) is 0 Å². The molecule has 2 rings (SSSR count). The van der Waals surface area contributed by atoms with E-state index in [4.69, 9.17) is 9.47 Å². The molecular formula is C16H22O2. The van der Waals surface area contributed by atoms with Crippen molar-refractivity contribution in [2.45, 2.75) is 38.7 Å². The van der Waals surface area contributed by atoms with Crippen LogP contribution < -0.4 is 4.74 Å². The SMILES string of the molecule is CCCCC1=CCOC(c2cccc(OC)c2)C1. The summed E-state index contributed by atoms with van der Waals surface area (Å²) in [5.41, 5.74) is 2.76. The molecule has 0 bridgehead atoms. The summed E-state index contributed by atoms with van der Waals surface area (Å²) >= 11 is 0. The monoisotopic (exact) mass is 246 g/mol. The zero-order valence-corrected chi connectivity index (χ0v) is 11.3. The van der Waals surface area contributed by atoms with Crippen LogP contribution >= 0.6 is 0 Å². The number of hydrogen-bond donors (Lipinski definition) is 0. The molecule has 1 aliphatic heterocycles. The van der Waals surface area contributed by atoms with Crippen LogP contribution in [0.2, 0.25) is 0 Å². The fourth-order valence-electron chi connectivity index (χ4n) is 2.33. The minimum absolute atomic E-state index is 0.192. The van der Waals surface area contributed by atoms with Crippen LogP contribution in [0.3, 0.4) is 0 Å². The summed E-state index contributed by atoms with van der Waals surface area (Å²) in [6, 6.07) is 8.20. The Balaban J connectivity index is 2.03. The second kappa shape index (κ2) is 6.60. The van der Waals surface area contributed by atoms with Crippen molar-refractivity contribution in [3.63, 3.8) is 0 Å². The first kappa shape index (κ1) is 13.2. The summed E-state index contributed by atoms with van der Waals surface area (Å²) < 4.78 is 11.1. The van der Waals surface area contributed by atoms with Gasteiger partial charge < -0.3 is 9.47 Å². The predicted octanol–water partition coefficient (Wildman–Crippen LogP) is 4.27. The van der Waals surface area contributed by atoms with E-state index in [0.29, 0.717) is 0 Å². The lowest BCUT2D eigenvalue weighted by Gasteiger charge is -2.24. The largest absolute Gasteiger partial charge is 0.497 e. The maximum Gasteiger partial charge on any atom is 0.119 e. The molecule has 0 saturated carbocycles. The van der Waals surface area contributed by atoms with Gasteiger partial charge in [0.05, 0.1) is 19.8 Å². The van der Waals surface area contributed by atoms with E-state index in [2.05, 4.69) is 25.1 Å². The Kier molecular flexibility index (Phi) is 4.82. The van der Waals surface area contributed by atoms with Gasteiger partial charge in [-0.25, -0.2) is 0 Å². The number of unbranched alkanes of at least 4 members (excludes halogenated alkanes) is 1. The van der Waals surface area contributed by atoms with Gasteiger partial charge in [-0.3, -0.25) is 0 Å². The minimum atomic E-state index is 0.192. The summed E-state index contributed by atoms with van der Waals surface area (Å²) in [6.45, 7) is 2.97. The highest BCUT2D eigenvalue weighted by molar-refractivity contribution is 5.31. The predicted molar refractivity (Wildman–Crippen MR) is 73.9 cm³/mol. The average molecular weight is 246 g/mol. The van der Waals surface area contributed by atoms with Crippen LogP contribution in [0.1, 0.15) is 44.3 Å². The molecule has 1 aromatic carbocycles. The quantitative estimate of drug-likeness (QED) is 0.722. The number of rotatable bonds is 5. The Morgan fingerprint density at radius 1 is 1.39 bits per heavy atom. The molecule has 1 unspecified atom stereocenters. The van der Waals surface area contributed by atoms with Gasteiger partial charge in [0.1, 0.15) is 5.75 Å². The normalized spacial score (nSPS) is 19.4. The fraction of sp³-hybridized carbons (Fsp3) is 0.500. The molecule has 2 nitrogen and oxygen atoms in total. The van der Waals surface area contributed by atoms with Crippen molar-refractivity contribution in [2.75, 3.05) is 13.7 Å². The second-order valence-electron chi connectivity index (χ2n) is 4.77. The Morgan fingerprint density at radius 2 is 2.28 bits per heavy atom. The standard InChI is InChI=1S/C16H22O2/c1-3-4-6-13-9-10-18-16(11-13)14-7-5-8-15(12-14)17-2/h5,7-9,12,16H,3-4,6,10-11H2,1-2H3. The van der Waals surface area contributed by atoms with Gasteiger partial charge in [-0.15, -0.1) is 0 Å². The van der Waals surface area contributed by atoms with Crippen LogP contribution in [-0.4, -0.2) is 13.7 Å². The summed E-state index contributed by atoms with van der Waals surface area (Å²) in [5.74, 6) is 0.903. The van der Waals surface area contributed by atoms with Crippen molar-refractivity contribution < 1.29 is 9.47 Å². The molecule has 2 heteroatoms. The van der Waals surface area contributed by atoms with Gasteiger partial charge in [0.2, 0.25) is 0 Å². The van der Waals surface area contributed by atoms with Crippen molar-refractivity contribution >= 4 is 0 Å². The zero-order valence-electron chi connectivity index (χ0n) is 11.3. The van der Waals surface area contributed by atoms with Crippen LogP contribution in [0.15, 0.2) is 35.9 Å². The lowest BCUT2D eigenvalue weighted by Crippen LogP contribution is -2.11. The first-order valence-electron chi connectivity index (χ1n) is 6.77. The lowest BCUT2D eigenvalue weighted by molar-refractivity contribution is 0.0628. The smallest absolute Gasteiger partial charge is 0.119 e. The molecule has 18 heavy (non-hydrogen) atoms. The third kappa shape index (κ3) is 3.36. The third-order valence-electron chi connectivity index (χ3n) is 3.43. The highest BCUT2D eigenvalue weighted by Gasteiger charge is 2.18. The Hall–Kier alpha value is -1.28. The van der Waals surface area contributed by atoms with Crippen molar-refractivity contribution in [2.24, 2.45) is 0 Å². The number of benzene rings is 1. The molecule has 0 amide bonds. The van der Waals surface area contributed by atoms with E-state index in [0.717, 1.165) is 18.8 Å². The molecule has 98 valence electrons. The van der Waals surface area contributed by atoms with E-state index >= 15 is 0 Å². The van der Waals surface area contributed by atoms with Crippen molar-refractivity contribution in [3.05, 3.63) is 41.5 Å². The first-order chi connectivity index (χ1) is 8.83. The van der Waals surface area contributed by atoms with E-state index in [9.17, 15) is 0 Å².